The van der Waals surface area contributed by atoms with Gasteiger partial charge in [-0.3, -0.25) is 0 Å². The van der Waals surface area contributed by atoms with E-state index in [1.54, 1.807) is 13.0 Å². The number of aryl methyl sites for hydroxylation is 1. The average molecular weight is 329 g/mol. The van der Waals surface area contributed by atoms with Crippen LogP contribution >= 0.6 is 27.5 Å². The maximum atomic E-state index is 13.1. The molecule has 0 heterocycles. The topological polar surface area (TPSA) is 12.0 Å². The molecule has 0 aliphatic heterocycles. The third kappa shape index (κ3) is 3.24. The Labute approximate surface area is 119 Å². The minimum atomic E-state index is -0.175. The molecule has 0 saturated carbocycles. The summed E-state index contributed by atoms with van der Waals surface area (Å²) < 4.78 is 14.0. The highest BCUT2D eigenvalue weighted by Crippen LogP contribution is 2.26. The molecule has 0 aliphatic rings. The second-order valence-electron chi connectivity index (χ2n) is 4.06. The number of nitrogens with one attached hydrogen (secondary N) is 1. The predicted molar refractivity (Wildman–Crippen MR) is 77.6 cm³/mol. The summed E-state index contributed by atoms with van der Waals surface area (Å²) in [7, 11) is 0. The van der Waals surface area contributed by atoms with Gasteiger partial charge in [0.2, 0.25) is 0 Å². The van der Waals surface area contributed by atoms with E-state index in [0.717, 1.165) is 15.7 Å². The molecule has 94 valence electrons. The van der Waals surface area contributed by atoms with Crippen LogP contribution in [0.15, 0.2) is 40.9 Å². The molecule has 0 amide bonds. The van der Waals surface area contributed by atoms with E-state index < -0.39 is 0 Å². The molecule has 0 saturated heterocycles. The van der Waals surface area contributed by atoms with Crippen molar-refractivity contribution >= 4 is 33.2 Å². The Morgan fingerprint density at radius 2 is 2.00 bits per heavy atom. The van der Waals surface area contributed by atoms with Crippen LogP contribution in [0.2, 0.25) is 5.02 Å². The zero-order chi connectivity index (χ0) is 13.1. The average Bonchev–Trinajstić information content (AvgIpc) is 2.32. The monoisotopic (exact) mass is 327 g/mol. The molecule has 0 aliphatic carbocycles. The van der Waals surface area contributed by atoms with Crippen molar-refractivity contribution in [2.75, 3.05) is 5.32 Å². The molecule has 0 atom stereocenters. The van der Waals surface area contributed by atoms with E-state index in [4.69, 9.17) is 11.6 Å². The molecule has 0 radical (unpaired) electrons. The Morgan fingerprint density at radius 3 is 2.67 bits per heavy atom. The highest BCUT2D eigenvalue weighted by molar-refractivity contribution is 9.10. The van der Waals surface area contributed by atoms with Crippen LogP contribution in [-0.4, -0.2) is 0 Å². The SMILES string of the molecule is Cc1cc(CNc2ccc(Cl)cc2Br)ccc1F. The van der Waals surface area contributed by atoms with E-state index in [9.17, 15) is 4.39 Å². The van der Waals surface area contributed by atoms with Crippen molar-refractivity contribution in [2.45, 2.75) is 13.5 Å². The molecule has 0 bridgehead atoms. The van der Waals surface area contributed by atoms with Gasteiger partial charge in [0.05, 0.1) is 0 Å². The van der Waals surface area contributed by atoms with Crippen molar-refractivity contribution < 1.29 is 4.39 Å². The van der Waals surface area contributed by atoms with E-state index in [0.29, 0.717) is 17.1 Å². The molecule has 0 spiro atoms. The Morgan fingerprint density at radius 1 is 1.22 bits per heavy atom. The van der Waals surface area contributed by atoms with Gasteiger partial charge in [-0.05, 0) is 58.2 Å². The number of anilines is 1. The summed E-state index contributed by atoms with van der Waals surface area (Å²) in [4.78, 5) is 0. The largest absolute Gasteiger partial charge is 0.380 e. The first-order valence-corrected chi connectivity index (χ1v) is 6.67. The molecule has 1 nitrogen and oxygen atoms in total. The van der Waals surface area contributed by atoms with Gasteiger partial charge in [0, 0.05) is 21.7 Å². The van der Waals surface area contributed by atoms with Crippen LogP contribution in [0, 0.1) is 12.7 Å². The molecule has 2 aromatic rings. The van der Waals surface area contributed by atoms with E-state index in [1.807, 2.05) is 24.3 Å². The minimum Gasteiger partial charge on any atom is -0.380 e. The number of hydrogen-bond acceptors (Lipinski definition) is 1. The van der Waals surface area contributed by atoms with E-state index in [1.165, 1.54) is 6.07 Å². The van der Waals surface area contributed by atoms with Crippen LogP contribution in [0.1, 0.15) is 11.1 Å². The molecule has 0 aromatic heterocycles. The fraction of sp³-hybridized carbons (Fsp3) is 0.143. The number of rotatable bonds is 3. The lowest BCUT2D eigenvalue weighted by atomic mass is 10.1. The lowest BCUT2D eigenvalue weighted by Gasteiger charge is -2.09. The number of hydrogen-bond donors (Lipinski definition) is 1. The highest BCUT2D eigenvalue weighted by Gasteiger charge is 2.02. The van der Waals surface area contributed by atoms with E-state index >= 15 is 0 Å². The maximum absolute atomic E-state index is 13.1. The van der Waals surface area contributed by atoms with Crippen molar-refractivity contribution in [3.63, 3.8) is 0 Å². The summed E-state index contributed by atoms with van der Waals surface area (Å²) >= 11 is 9.31. The van der Waals surface area contributed by atoms with E-state index in [2.05, 4.69) is 21.2 Å². The molecule has 2 rings (SSSR count). The molecular weight excluding hydrogens is 317 g/mol. The normalized spacial score (nSPS) is 10.4. The quantitative estimate of drug-likeness (QED) is 0.820. The minimum absolute atomic E-state index is 0.175. The summed E-state index contributed by atoms with van der Waals surface area (Å²) in [5, 5.41) is 3.96. The number of benzene rings is 2. The van der Waals surface area contributed by atoms with Crippen LogP contribution in [0.25, 0.3) is 0 Å². The zero-order valence-electron chi connectivity index (χ0n) is 9.81. The third-order valence-electron chi connectivity index (χ3n) is 2.64. The molecule has 0 fully saturated rings. The summed E-state index contributed by atoms with van der Waals surface area (Å²) in [6.07, 6.45) is 0. The fourth-order valence-electron chi connectivity index (χ4n) is 1.65. The molecule has 0 unspecified atom stereocenters. The zero-order valence-corrected chi connectivity index (χ0v) is 12.1. The lowest BCUT2D eigenvalue weighted by Crippen LogP contribution is -2.00. The van der Waals surface area contributed by atoms with Crippen molar-refractivity contribution in [1.29, 1.82) is 0 Å². The van der Waals surface area contributed by atoms with Crippen molar-refractivity contribution in [3.8, 4) is 0 Å². The Kier molecular flexibility index (Phi) is 4.25. The Hall–Kier alpha value is -1.06. The first-order chi connectivity index (χ1) is 8.56. The molecule has 18 heavy (non-hydrogen) atoms. The molecule has 1 N–H and O–H groups in total. The van der Waals surface area contributed by atoms with Gasteiger partial charge >= 0.3 is 0 Å². The fourth-order valence-corrected chi connectivity index (χ4v) is 2.47. The van der Waals surface area contributed by atoms with Gasteiger partial charge in [-0.25, -0.2) is 4.39 Å². The highest BCUT2D eigenvalue weighted by atomic mass is 79.9. The van der Waals surface area contributed by atoms with Crippen LogP contribution in [0.5, 0.6) is 0 Å². The first-order valence-electron chi connectivity index (χ1n) is 5.50. The van der Waals surface area contributed by atoms with Gasteiger partial charge in [0.15, 0.2) is 0 Å². The summed E-state index contributed by atoms with van der Waals surface area (Å²) in [5.41, 5.74) is 2.65. The smallest absolute Gasteiger partial charge is 0.126 e. The summed E-state index contributed by atoms with van der Waals surface area (Å²) in [6.45, 7) is 2.40. The molecule has 4 heteroatoms. The second kappa shape index (κ2) is 5.72. The predicted octanol–water partition coefficient (Wildman–Crippen LogP) is 5.16. The van der Waals surface area contributed by atoms with Gasteiger partial charge < -0.3 is 5.32 Å². The summed E-state index contributed by atoms with van der Waals surface area (Å²) in [5.74, 6) is -0.175. The first kappa shape index (κ1) is 13.4. The molecule has 2 aromatic carbocycles. The Bertz CT molecular complexity index is 572. The van der Waals surface area contributed by atoms with Gasteiger partial charge in [0.1, 0.15) is 5.82 Å². The second-order valence-corrected chi connectivity index (χ2v) is 5.35. The number of halogens is 3. The third-order valence-corrected chi connectivity index (χ3v) is 3.53. The van der Waals surface area contributed by atoms with Crippen LogP contribution in [0.4, 0.5) is 10.1 Å². The van der Waals surface area contributed by atoms with Gasteiger partial charge in [-0.1, -0.05) is 23.7 Å². The summed E-state index contributed by atoms with van der Waals surface area (Å²) in [6, 6.07) is 10.7. The molecular formula is C14H12BrClFN. The van der Waals surface area contributed by atoms with Gasteiger partial charge in [0.25, 0.3) is 0 Å². The maximum Gasteiger partial charge on any atom is 0.126 e. The van der Waals surface area contributed by atoms with Crippen molar-refractivity contribution in [2.24, 2.45) is 0 Å². The van der Waals surface area contributed by atoms with Gasteiger partial charge in [-0.15, -0.1) is 0 Å². The van der Waals surface area contributed by atoms with Crippen LogP contribution in [-0.2, 0) is 6.54 Å². The van der Waals surface area contributed by atoms with Crippen molar-refractivity contribution in [3.05, 3.63) is 62.8 Å². The standard InChI is InChI=1S/C14H12BrClFN/c1-9-6-10(2-4-13(9)17)8-18-14-5-3-11(16)7-12(14)15/h2-7,18H,8H2,1H3. The van der Waals surface area contributed by atoms with E-state index in [-0.39, 0.29) is 5.82 Å². The van der Waals surface area contributed by atoms with Gasteiger partial charge in [-0.2, -0.15) is 0 Å². The lowest BCUT2D eigenvalue weighted by molar-refractivity contribution is 0.617. The Balaban J connectivity index is 2.09. The van der Waals surface area contributed by atoms with Crippen molar-refractivity contribution in [1.82, 2.24) is 0 Å². The van der Waals surface area contributed by atoms with Crippen LogP contribution < -0.4 is 5.32 Å². The van der Waals surface area contributed by atoms with Crippen LogP contribution in [0.3, 0.4) is 0 Å².